The summed E-state index contributed by atoms with van der Waals surface area (Å²) in [7, 11) is 0. The molecule has 0 spiro atoms. The molecule has 0 bridgehead atoms. The fourth-order valence-corrected chi connectivity index (χ4v) is 2.71. The van der Waals surface area contributed by atoms with Gasteiger partial charge in [0.15, 0.2) is 5.65 Å². The van der Waals surface area contributed by atoms with Gasteiger partial charge in [-0.15, -0.1) is 0 Å². The molecule has 0 unspecified atom stereocenters. The van der Waals surface area contributed by atoms with Crippen LogP contribution in [0.3, 0.4) is 0 Å². The highest BCUT2D eigenvalue weighted by Gasteiger charge is 2.18. The van der Waals surface area contributed by atoms with E-state index in [0.29, 0.717) is 32.8 Å². The van der Waals surface area contributed by atoms with Crippen LogP contribution in [0.1, 0.15) is 16.2 Å². The zero-order valence-corrected chi connectivity index (χ0v) is 13.0. The van der Waals surface area contributed by atoms with E-state index in [9.17, 15) is 9.90 Å². The van der Waals surface area contributed by atoms with E-state index in [1.807, 2.05) is 0 Å². The molecular formula is C15H11Cl2N3O2. The van der Waals surface area contributed by atoms with Gasteiger partial charge < -0.3 is 10.4 Å². The number of fused-ring (bicyclic) bond motifs is 1. The number of aromatic nitrogens is 2. The maximum Gasteiger partial charge on any atom is 0.274 e. The van der Waals surface area contributed by atoms with Gasteiger partial charge in [-0.25, -0.2) is 4.98 Å². The van der Waals surface area contributed by atoms with Gasteiger partial charge >= 0.3 is 0 Å². The number of aryl methyl sites for hydroxylation is 1. The summed E-state index contributed by atoms with van der Waals surface area (Å²) in [4.78, 5) is 16.8. The number of anilines is 1. The number of phenolic OH excluding ortho intramolecular Hbond substituents is 1. The molecular weight excluding hydrogens is 325 g/mol. The number of rotatable bonds is 2. The van der Waals surface area contributed by atoms with E-state index in [2.05, 4.69) is 10.3 Å². The molecule has 0 aliphatic rings. The lowest BCUT2D eigenvalue weighted by atomic mass is 10.2. The molecule has 0 aliphatic heterocycles. The lowest BCUT2D eigenvalue weighted by Crippen LogP contribution is -2.15. The Bertz CT molecular complexity index is 873. The van der Waals surface area contributed by atoms with Crippen LogP contribution in [0.25, 0.3) is 5.65 Å². The second-order valence-corrected chi connectivity index (χ2v) is 5.59. The van der Waals surface area contributed by atoms with E-state index in [4.69, 9.17) is 23.2 Å². The van der Waals surface area contributed by atoms with Crippen LogP contribution in [0.4, 0.5) is 5.69 Å². The summed E-state index contributed by atoms with van der Waals surface area (Å²) in [6.45, 7) is 1.73. The number of carbonyl (C=O) groups excluding carboxylic acids is 1. The van der Waals surface area contributed by atoms with Crippen molar-refractivity contribution in [2.45, 2.75) is 6.92 Å². The van der Waals surface area contributed by atoms with E-state index < -0.39 is 0 Å². The lowest BCUT2D eigenvalue weighted by molar-refractivity contribution is 0.102. The molecule has 0 aliphatic carbocycles. The van der Waals surface area contributed by atoms with Crippen LogP contribution >= 0.6 is 23.2 Å². The number of nitrogens with zero attached hydrogens (tertiary/aromatic N) is 2. The monoisotopic (exact) mass is 335 g/mol. The molecule has 3 aromatic rings. The van der Waals surface area contributed by atoms with Crippen LogP contribution < -0.4 is 5.32 Å². The minimum absolute atomic E-state index is 0.127. The van der Waals surface area contributed by atoms with Crippen molar-refractivity contribution in [2.75, 3.05) is 5.32 Å². The SMILES string of the molecule is Cc1nc2c(Cl)cc(Cl)cn2c1C(=O)Nc1ccc(O)cc1. The number of hydrogen-bond acceptors (Lipinski definition) is 3. The van der Waals surface area contributed by atoms with Crippen LogP contribution in [0.15, 0.2) is 36.5 Å². The molecule has 5 nitrogen and oxygen atoms in total. The smallest absolute Gasteiger partial charge is 0.274 e. The first-order chi connectivity index (χ1) is 10.5. The van der Waals surface area contributed by atoms with Crippen LogP contribution in [-0.4, -0.2) is 20.4 Å². The molecule has 0 saturated carbocycles. The molecule has 2 N–H and O–H groups in total. The van der Waals surface area contributed by atoms with Crippen molar-refractivity contribution in [3.63, 3.8) is 0 Å². The first-order valence-electron chi connectivity index (χ1n) is 6.40. The van der Waals surface area contributed by atoms with Gasteiger partial charge in [0.1, 0.15) is 11.4 Å². The van der Waals surface area contributed by atoms with Gasteiger partial charge in [0.2, 0.25) is 0 Å². The summed E-state index contributed by atoms with van der Waals surface area (Å²) < 4.78 is 1.57. The predicted octanol–water partition coefficient (Wildman–Crippen LogP) is 3.91. The third-order valence-corrected chi connectivity index (χ3v) is 3.64. The topological polar surface area (TPSA) is 66.6 Å². The molecule has 0 fully saturated rings. The van der Waals surface area contributed by atoms with E-state index in [1.165, 1.54) is 12.1 Å². The number of phenols is 1. The Labute approximate surface area is 136 Å². The van der Waals surface area contributed by atoms with E-state index in [1.54, 1.807) is 35.7 Å². The molecule has 0 atom stereocenters. The summed E-state index contributed by atoms with van der Waals surface area (Å²) in [6.07, 6.45) is 1.59. The van der Waals surface area contributed by atoms with E-state index in [0.717, 1.165) is 0 Å². The van der Waals surface area contributed by atoms with Crippen molar-refractivity contribution in [1.82, 2.24) is 9.38 Å². The summed E-state index contributed by atoms with van der Waals surface area (Å²) >= 11 is 12.1. The molecule has 0 saturated heterocycles. The molecule has 1 aromatic carbocycles. The molecule has 2 aromatic heterocycles. The number of halogens is 2. The van der Waals surface area contributed by atoms with E-state index in [-0.39, 0.29) is 11.7 Å². The van der Waals surface area contributed by atoms with Crippen LogP contribution in [-0.2, 0) is 0 Å². The van der Waals surface area contributed by atoms with Crippen LogP contribution in [0.5, 0.6) is 5.75 Å². The van der Waals surface area contributed by atoms with Crippen molar-refractivity contribution in [3.05, 3.63) is 58.0 Å². The highest BCUT2D eigenvalue weighted by molar-refractivity contribution is 6.36. The van der Waals surface area contributed by atoms with Crippen molar-refractivity contribution < 1.29 is 9.90 Å². The quantitative estimate of drug-likeness (QED) is 0.698. The Morgan fingerprint density at radius 1 is 1.27 bits per heavy atom. The Kier molecular flexibility index (Phi) is 3.68. The number of nitrogens with one attached hydrogen (secondary N) is 1. The molecule has 2 heterocycles. The van der Waals surface area contributed by atoms with Gasteiger partial charge in [-0.05, 0) is 37.3 Å². The van der Waals surface area contributed by atoms with Gasteiger partial charge in [-0.2, -0.15) is 0 Å². The van der Waals surface area contributed by atoms with Crippen molar-refractivity contribution in [2.24, 2.45) is 0 Å². The number of pyridine rings is 1. The highest BCUT2D eigenvalue weighted by atomic mass is 35.5. The second-order valence-electron chi connectivity index (χ2n) is 4.75. The normalized spacial score (nSPS) is 10.9. The average Bonchev–Trinajstić information content (AvgIpc) is 2.78. The van der Waals surface area contributed by atoms with Crippen molar-refractivity contribution >= 4 is 40.4 Å². The first-order valence-corrected chi connectivity index (χ1v) is 7.15. The molecule has 1 amide bonds. The third kappa shape index (κ3) is 2.61. The molecule has 112 valence electrons. The summed E-state index contributed by atoms with van der Waals surface area (Å²) in [6, 6.07) is 7.76. The first kappa shape index (κ1) is 14.7. The van der Waals surface area contributed by atoms with Gasteiger partial charge in [-0.3, -0.25) is 9.20 Å². The Balaban J connectivity index is 2.03. The number of imidazole rings is 1. The fourth-order valence-electron chi connectivity index (χ4n) is 2.20. The van der Waals surface area contributed by atoms with E-state index >= 15 is 0 Å². The highest BCUT2D eigenvalue weighted by Crippen LogP contribution is 2.25. The molecule has 3 rings (SSSR count). The fraction of sp³-hybridized carbons (Fsp3) is 0.0667. The van der Waals surface area contributed by atoms with Crippen molar-refractivity contribution in [3.8, 4) is 5.75 Å². The Hall–Kier alpha value is -2.24. The van der Waals surface area contributed by atoms with Gasteiger partial charge in [0, 0.05) is 11.9 Å². The largest absolute Gasteiger partial charge is 0.508 e. The zero-order chi connectivity index (χ0) is 15.9. The number of carbonyl (C=O) groups is 1. The number of amides is 1. The summed E-state index contributed by atoms with van der Waals surface area (Å²) in [5, 5.41) is 12.8. The van der Waals surface area contributed by atoms with Crippen molar-refractivity contribution in [1.29, 1.82) is 0 Å². The minimum atomic E-state index is -0.339. The average molecular weight is 336 g/mol. The van der Waals surface area contributed by atoms with Crippen LogP contribution in [0.2, 0.25) is 10.0 Å². The van der Waals surface area contributed by atoms with Gasteiger partial charge in [-0.1, -0.05) is 23.2 Å². The van der Waals surface area contributed by atoms with Gasteiger partial charge in [0.25, 0.3) is 5.91 Å². The maximum atomic E-state index is 12.5. The molecule has 7 heteroatoms. The second kappa shape index (κ2) is 5.51. The molecule has 22 heavy (non-hydrogen) atoms. The summed E-state index contributed by atoms with van der Waals surface area (Å²) in [5.74, 6) is -0.212. The number of aromatic hydroxyl groups is 1. The standard InChI is InChI=1S/C15H11Cl2N3O2/c1-8-13(15(22)19-10-2-4-11(21)5-3-10)20-7-9(16)6-12(17)14(20)18-8/h2-7,21H,1H3,(H,19,22). The summed E-state index contributed by atoms with van der Waals surface area (Å²) in [5.41, 5.74) is 1.93. The third-order valence-electron chi connectivity index (χ3n) is 3.16. The zero-order valence-electron chi connectivity index (χ0n) is 11.5. The minimum Gasteiger partial charge on any atom is -0.508 e. The maximum absolute atomic E-state index is 12.5. The van der Waals surface area contributed by atoms with Gasteiger partial charge in [0.05, 0.1) is 15.7 Å². The number of benzene rings is 1. The Morgan fingerprint density at radius 3 is 2.64 bits per heavy atom. The lowest BCUT2D eigenvalue weighted by Gasteiger charge is -2.07. The Morgan fingerprint density at radius 2 is 1.95 bits per heavy atom. The van der Waals surface area contributed by atoms with Crippen LogP contribution in [0, 0.1) is 6.92 Å². The predicted molar refractivity (Wildman–Crippen MR) is 86.0 cm³/mol. The number of hydrogen-bond donors (Lipinski definition) is 2. The molecule has 0 radical (unpaired) electrons.